The van der Waals surface area contributed by atoms with E-state index in [-0.39, 0.29) is 5.97 Å². The molecule has 1 fully saturated rings. The van der Waals surface area contributed by atoms with Crippen molar-refractivity contribution in [2.24, 2.45) is 0 Å². The summed E-state index contributed by atoms with van der Waals surface area (Å²) in [5, 5.41) is 3.44. The summed E-state index contributed by atoms with van der Waals surface area (Å²) in [5.74, 6) is 0.598. The Balaban J connectivity index is 1.54. The molecule has 0 saturated heterocycles. The van der Waals surface area contributed by atoms with Crippen LogP contribution in [0, 0.1) is 0 Å². The smallest absolute Gasteiger partial charge is 0.337 e. The number of nitrogens with zero attached hydrogens (tertiary/aromatic N) is 2. The summed E-state index contributed by atoms with van der Waals surface area (Å²) in [7, 11) is 1.39. The van der Waals surface area contributed by atoms with Crippen LogP contribution in [-0.2, 0) is 11.3 Å². The third-order valence-corrected chi connectivity index (χ3v) is 4.33. The van der Waals surface area contributed by atoms with Crippen LogP contribution in [0.5, 0.6) is 0 Å². The highest BCUT2D eigenvalue weighted by atomic mass is 16.5. The lowest BCUT2D eigenvalue weighted by molar-refractivity contribution is 0.0600. The summed E-state index contributed by atoms with van der Waals surface area (Å²) >= 11 is 0. The molecule has 122 valence electrons. The van der Waals surface area contributed by atoms with Crippen molar-refractivity contribution in [3.63, 3.8) is 0 Å². The summed E-state index contributed by atoms with van der Waals surface area (Å²) in [5.41, 5.74) is 3.86. The van der Waals surface area contributed by atoms with Crippen LogP contribution in [0.15, 0.2) is 48.5 Å². The minimum absolute atomic E-state index is 0.315. The zero-order valence-electron chi connectivity index (χ0n) is 13.5. The molecule has 0 radical (unpaired) electrons. The van der Waals surface area contributed by atoms with Crippen molar-refractivity contribution in [1.29, 1.82) is 0 Å². The quantitative estimate of drug-likeness (QED) is 0.727. The van der Waals surface area contributed by atoms with Gasteiger partial charge in [-0.25, -0.2) is 9.78 Å². The van der Waals surface area contributed by atoms with Gasteiger partial charge in [-0.2, -0.15) is 0 Å². The van der Waals surface area contributed by atoms with Crippen molar-refractivity contribution in [3.8, 4) is 0 Å². The van der Waals surface area contributed by atoms with Crippen LogP contribution < -0.4 is 5.32 Å². The minimum Gasteiger partial charge on any atom is -0.465 e. The molecule has 1 N–H and O–H groups in total. The van der Waals surface area contributed by atoms with Gasteiger partial charge in [-0.3, -0.25) is 0 Å². The normalized spacial score (nSPS) is 13.9. The van der Waals surface area contributed by atoms with Gasteiger partial charge in [0.2, 0.25) is 5.95 Å². The second-order valence-electron chi connectivity index (χ2n) is 6.07. The zero-order valence-corrected chi connectivity index (χ0v) is 13.5. The van der Waals surface area contributed by atoms with Crippen LogP contribution in [0.4, 0.5) is 5.95 Å². The van der Waals surface area contributed by atoms with Crippen LogP contribution in [0.2, 0.25) is 0 Å². The van der Waals surface area contributed by atoms with Crippen molar-refractivity contribution in [1.82, 2.24) is 9.55 Å². The lowest BCUT2D eigenvalue weighted by Crippen LogP contribution is -2.07. The topological polar surface area (TPSA) is 56.1 Å². The van der Waals surface area contributed by atoms with Crippen molar-refractivity contribution in [2.75, 3.05) is 12.4 Å². The molecule has 0 unspecified atom stereocenters. The Bertz CT molecular complexity index is 879. The Labute approximate surface area is 140 Å². The molecule has 1 aliphatic rings. The number of methoxy groups -OCH3 is 1. The number of anilines is 1. The Morgan fingerprint density at radius 1 is 1.21 bits per heavy atom. The summed E-state index contributed by atoms with van der Waals surface area (Å²) < 4.78 is 7.02. The summed E-state index contributed by atoms with van der Waals surface area (Å²) in [6.07, 6.45) is 2.42. The molecule has 0 atom stereocenters. The number of hydrogen-bond donors (Lipinski definition) is 1. The van der Waals surface area contributed by atoms with E-state index in [2.05, 4.69) is 22.0 Å². The second kappa shape index (κ2) is 6.00. The fourth-order valence-corrected chi connectivity index (χ4v) is 2.93. The van der Waals surface area contributed by atoms with E-state index in [1.54, 1.807) is 12.1 Å². The SMILES string of the molecule is COC(=O)c1ccc(CNc2nc3ccccc3n2C2CC2)cc1. The molecule has 1 aromatic heterocycles. The first-order chi connectivity index (χ1) is 11.8. The number of imidazole rings is 1. The molecule has 0 aliphatic heterocycles. The largest absolute Gasteiger partial charge is 0.465 e. The molecule has 1 aliphatic carbocycles. The fourth-order valence-electron chi connectivity index (χ4n) is 2.93. The van der Waals surface area contributed by atoms with Crippen molar-refractivity contribution < 1.29 is 9.53 Å². The van der Waals surface area contributed by atoms with E-state index in [1.165, 1.54) is 25.5 Å². The highest BCUT2D eigenvalue weighted by molar-refractivity contribution is 5.89. The molecule has 0 spiro atoms. The number of fused-ring (bicyclic) bond motifs is 1. The molecular weight excluding hydrogens is 302 g/mol. The Kier molecular flexibility index (Phi) is 3.69. The molecule has 3 aromatic rings. The molecule has 1 saturated carbocycles. The van der Waals surface area contributed by atoms with E-state index < -0.39 is 0 Å². The van der Waals surface area contributed by atoms with Gasteiger partial charge in [-0.05, 0) is 42.7 Å². The number of aromatic nitrogens is 2. The van der Waals surface area contributed by atoms with Crippen LogP contribution in [0.3, 0.4) is 0 Å². The monoisotopic (exact) mass is 321 g/mol. The van der Waals surface area contributed by atoms with Gasteiger partial charge < -0.3 is 14.6 Å². The number of hydrogen-bond acceptors (Lipinski definition) is 4. The van der Waals surface area contributed by atoms with E-state index >= 15 is 0 Å². The van der Waals surface area contributed by atoms with E-state index in [0.717, 1.165) is 17.0 Å². The minimum atomic E-state index is -0.315. The van der Waals surface area contributed by atoms with E-state index in [4.69, 9.17) is 9.72 Å². The van der Waals surface area contributed by atoms with Crippen molar-refractivity contribution in [3.05, 3.63) is 59.7 Å². The number of carbonyl (C=O) groups excluding carboxylic acids is 1. The van der Waals surface area contributed by atoms with Gasteiger partial charge in [-0.15, -0.1) is 0 Å². The van der Waals surface area contributed by atoms with Crippen molar-refractivity contribution in [2.45, 2.75) is 25.4 Å². The molecule has 5 nitrogen and oxygen atoms in total. The number of benzene rings is 2. The molecule has 2 aromatic carbocycles. The lowest BCUT2D eigenvalue weighted by atomic mass is 10.1. The third-order valence-electron chi connectivity index (χ3n) is 4.33. The van der Waals surface area contributed by atoms with Gasteiger partial charge in [0.25, 0.3) is 0 Å². The molecule has 24 heavy (non-hydrogen) atoms. The van der Waals surface area contributed by atoms with E-state index in [1.807, 2.05) is 24.3 Å². The first-order valence-electron chi connectivity index (χ1n) is 8.14. The van der Waals surface area contributed by atoms with Crippen LogP contribution >= 0.6 is 0 Å². The molecular formula is C19H19N3O2. The van der Waals surface area contributed by atoms with Gasteiger partial charge in [-0.1, -0.05) is 24.3 Å². The second-order valence-corrected chi connectivity index (χ2v) is 6.07. The lowest BCUT2D eigenvalue weighted by Gasteiger charge is -2.10. The molecule has 4 rings (SSSR count). The Morgan fingerprint density at radius 3 is 2.67 bits per heavy atom. The van der Waals surface area contributed by atoms with Gasteiger partial charge in [0.15, 0.2) is 0 Å². The average molecular weight is 321 g/mol. The zero-order chi connectivity index (χ0) is 16.5. The van der Waals surface area contributed by atoms with Gasteiger partial charge in [0.1, 0.15) is 0 Å². The van der Waals surface area contributed by atoms with Gasteiger partial charge >= 0.3 is 5.97 Å². The van der Waals surface area contributed by atoms with Crippen LogP contribution in [0.1, 0.15) is 34.8 Å². The predicted octanol–water partition coefficient (Wildman–Crippen LogP) is 3.77. The first kappa shape index (κ1) is 14.8. The van der Waals surface area contributed by atoms with E-state index in [0.29, 0.717) is 18.2 Å². The summed E-state index contributed by atoms with van der Waals surface area (Å²) in [6, 6.07) is 16.2. The number of esters is 1. The maximum atomic E-state index is 11.5. The molecule has 1 heterocycles. The molecule has 5 heteroatoms. The predicted molar refractivity (Wildman–Crippen MR) is 93.1 cm³/mol. The van der Waals surface area contributed by atoms with E-state index in [9.17, 15) is 4.79 Å². The molecule has 0 amide bonds. The van der Waals surface area contributed by atoms with Crippen LogP contribution in [0.25, 0.3) is 11.0 Å². The Morgan fingerprint density at radius 2 is 1.96 bits per heavy atom. The van der Waals surface area contributed by atoms with Gasteiger partial charge in [0.05, 0.1) is 23.7 Å². The fraction of sp³-hybridized carbons (Fsp3) is 0.263. The molecule has 0 bridgehead atoms. The standard InChI is InChI=1S/C19H19N3O2/c1-24-18(23)14-8-6-13(7-9-14)12-20-19-21-16-4-2-3-5-17(16)22(19)15-10-11-15/h2-9,15H,10-12H2,1H3,(H,20,21). The van der Waals surface area contributed by atoms with Gasteiger partial charge in [0, 0.05) is 12.6 Å². The number of nitrogens with one attached hydrogen (secondary N) is 1. The number of para-hydroxylation sites is 2. The Hall–Kier alpha value is -2.82. The highest BCUT2D eigenvalue weighted by Crippen LogP contribution is 2.40. The average Bonchev–Trinajstić information content (AvgIpc) is 3.40. The maximum Gasteiger partial charge on any atom is 0.337 e. The van der Waals surface area contributed by atoms with Crippen LogP contribution in [-0.4, -0.2) is 22.6 Å². The highest BCUT2D eigenvalue weighted by Gasteiger charge is 2.28. The first-order valence-corrected chi connectivity index (χ1v) is 8.14. The summed E-state index contributed by atoms with van der Waals surface area (Å²) in [6.45, 7) is 0.664. The van der Waals surface area contributed by atoms with Crippen molar-refractivity contribution >= 4 is 23.0 Å². The summed E-state index contributed by atoms with van der Waals surface area (Å²) in [4.78, 5) is 16.2. The number of ether oxygens (including phenoxy) is 1. The number of rotatable bonds is 5. The maximum absolute atomic E-state index is 11.5. The third kappa shape index (κ3) is 2.73. The number of carbonyl (C=O) groups is 1.